The molecule has 1 aliphatic heterocycles. The molecular formula is C25H33N3O3. The number of carbonyl (C=O) groups excluding carboxylic acids is 2. The summed E-state index contributed by atoms with van der Waals surface area (Å²) in [6.07, 6.45) is 1.13. The molecule has 0 bridgehead atoms. The number of rotatable bonds is 8. The van der Waals surface area contributed by atoms with Crippen LogP contribution in [0.3, 0.4) is 0 Å². The van der Waals surface area contributed by atoms with Gasteiger partial charge in [-0.1, -0.05) is 43.3 Å². The number of amides is 1. The van der Waals surface area contributed by atoms with Crippen molar-refractivity contribution in [1.29, 1.82) is 0 Å². The summed E-state index contributed by atoms with van der Waals surface area (Å²) in [6.45, 7) is 4.99. The zero-order valence-electron chi connectivity index (χ0n) is 18.7. The van der Waals surface area contributed by atoms with Crippen LogP contribution < -0.4 is 9.80 Å². The van der Waals surface area contributed by atoms with Gasteiger partial charge in [-0.2, -0.15) is 0 Å². The van der Waals surface area contributed by atoms with Gasteiger partial charge in [0.15, 0.2) is 0 Å². The number of esters is 1. The van der Waals surface area contributed by atoms with Gasteiger partial charge < -0.3 is 19.4 Å². The summed E-state index contributed by atoms with van der Waals surface area (Å²) in [4.78, 5) is 31.9. The highest BCUT2D eigenvalue weighted by atomic mass is 16.5. The highest BCUT2D eigenvalue weighted by Gasteiger charge is 2.40. The molecule has 0 aromatic heterocycles. The minimum absolute atomic E-state index is 0.0300. The molecule has 0 N–H and O–H groups in total. The van der Waals surface area contributed by atoms with E-state index < -0.39 is 0 Å². The van der Waals surface area contributed by atoms with Gasteiger partial charge in [0, 0.05) is 51.0 Å². The van der Waals surface area contributed by atoms with Crippen molar-refractivity contribution in [1.82, 2.24) is 4.90 Å². The molecule has 1 amide bonds. The molecule has 31 heavy (non-hydrogen) atoms. The van der Waals surface area contributed by atoms with E-state index >= 15 is 0 Å². The van der Waals surface area contributed by atoms with E-state index in [-0.39, 0.29) is 23.8 Å². The van der Waals surface area contributed by atoms with Crippen LogP contribution in [-0.4, -0.2) is 63.2 Å². The quantitative estimate of drug-likeness (QED) is 0.609. The van der Waals surface area contributed by atoms with Crippen LogP contribution in [0.15, 0.2) is 60.7 Å². The average Bonchev–Trinajstić information content (AvgIpc) is 2.83. The summed E-state index contributed by atoms with van der Waals surface area (Å²) in [5.41, 5.74) is 2.01. The first-order valence-electron chi connectivity index (χ1n) is 11.0. The standard InChI is InChI=1S/C25H33N3O3/c1-4-24(29)28(21-13-9-6-10-14-21)23-15-16-27(19-22(23)25(30)31-3)18-17-26(2)20-11-7-5-8-12-20/h5-14,22-23H,4,15-19H2,1-3H3. The van der Waals surface area contributed by atoms with Gasteiger partial charge in [0.05, 0.1) is 19.1 Å². The SMILES string of the molecule is CCC(=O)N(c1ccccc1)C1CCN(CCN(C)c2ccccc2)CC1C(=O)OC. The smallest absolute Gasteiger partial charge is 0.312 e. The van der Waals surface area contributed by atoms with Crippen molar-refractivity contribution in [3.05, 3.63) is 60.7 Å². The number of piperidine rings is 1. The van der Waals surface area contributed by atoms with Gasteiger partial charge in [-0.3, -0.25) is 9.59 Å². The number of likely N-dealkylation sites (N-methyl/N-ethyl adjacent to an activating group) is 1. The second kappa shape index (κ2) is 11.0. The Morgan fingerprint density at radius 3 is 2.23 bits per heavy atom. The number of methoxy groups -OCH3 is 1. The van der Waals surface area contributed by atoms with Crippen LogP contribution in [-0.2, 0) is 14.3 Å². The largest absolute Gasteiger partial charge is 0.469 e. The maximum absolute atomic E-state index is 12.9. The molecule has 0 radical (unpaired) electrons. The van der Waals surface area contributed by atoms with E-state index in [0.29, 0.717) is 13.0 Å². The van der Waals surface area contributed by atoms with Gasteiger partial charge in [0.25, 0.3) is 0 Å². The zero-order chi connectivity index (χ0) is 22.2. The molecule has 166 valence electrons. The molecule has 0 saturated carbocycles. The molecule has 6 nitrogen and oxygen atoms in total. The van der Waals surface area contributed by atoms with Crippen LogP contribution in [0.1, 0.15) is 19.8 Å². The van der Waals surface area contributed by atoms with Crippen molar-refractivity contribution < 1.29 is 14.3 Å². The Bertz CT molecular complexity index is 844. The molecule has 0 aliphatic carbocycles. The number of likely N-dealkylation sites (tertiary alicyclic amines) is 1. The predicted octanol–water partition coefficient (Wildman–Crippen LogP) is 3.43. The minimum atomic E-state index is -0.378. The lowest BCUT2D eigenvalue weighted by Crippen LogP contribution is -2.56. The third kappa shape index (κ3) is 5.64. The number of carbonyl (C=O) groups is 2. The summed E-state index contributed by atoms with van der Waals surface area (Å²) in [7, 11) is 3.51. The highest BCUT2D eigenvalue weighted by Crippen LogP contribution is 2.29. The van der Waals surface area contributed by atoms with E-state index in [2.05, 4.69) is 29.0 Å². The van der Waals surface area contributed by atoms with Crippen molar-refractivity contribution in [3.63, 3.8) is 0 Å². The van der Waals surface area contributed by atoms with E-state index in [1.807, 2.05) is 60.4 Å². The van der Waals surface area contributed by atoms with Crippen LogP contribution in [0.25, 0.3) is 0 Å². The maximum Gasteiger partial charge on any atom is 0.312 e. The first kappa shape index (κ1) is 22.8. The first-order chi connectivity index (χ1) is 15.0. The van der Waals surface area contributed by atoms with Gasteiger partial charge in [0.2, 0.25) is 5.91 Å². The Hall–Kier alpha value is -2.86. The van der Waals surface area contributed by atoms with Crippen LogP contribution in [0.5, 0.6) is 0 Å². The Kier molecular flexibility index (Phi) is 8.06. The molecule has 2 unspecified atom stereocenters. The molecular weight excluding hydrogens is 390 g/mol. The molecule has 1 fully saturated rings. The average molecular weight is 424 g/mol. The summed E-state index contributed by atoms with van der Waals surface area (Å²) in [5.74, 6) is -0.602. The second-order valence-electron chi connectivity index (χ2n) is 8.00. The van der Waals surface area contributed by atoms with E-state index in [4.69, 9.17) is 4.74 Å². The summed E-state index contributed by atoms with van der Waals surface area (Å²) in [6, 6.07) is 19.7. The number of nitrogens with zero attached hydrogens (tertiary/aromatic N) is 3. The minimum Gasteiger partial charge on any atom is -0.469 e. The van der Waals surface area contributed by atoms with Crippen molar-refractivity contribution in [2.75, 3.05) is 50.1 Å². The summed E-state index contributed by atoms with van der Waals surface area (Å²) < 4.78 is 5.15. The van der Waals surface area contributed by atoms with Gasteiger partial charge in [-0.05, 0) is 30.7 Å². The topological polar surface area (TPSA) is 53.1 Å². The molecule has 1 heterocycles. The van der Waals surface area contributed by atoms with Crippen LogP contribution in [0.2, 0.25) is 0 Å². The Morgan fingerprint density at radius 2 is 1.65 bits per heavy atom. The fourth-order valence-electron chi connectivity index (χ4n) is 4.28. The lowest BCUT2D eigenvalue weighted by atomic mass is 9.89. The monoisotopic (exact) mass is 423 g/mol. The molecule has 2 aromatic carbocycles. The number of ether oxygens (including phenoxy) is 1. The fraction of sp³-hybridized carbons (Fsp3) is 0.440. The highest BCUT2D eigenvalue weighted by molar-refractivity contribution is 5.94. The van der Waals surface area contributed by atoms with Crippen LogP contribution >= 0.6 is 0 Å². The molecule has 6 heteroatoms. The number of para-hydroxylation sites is 2. The van der Waals surface area contributed by atoms with E-state index in [1.165, 1.54) is 12.8 Å². The Labute approximate surface area is 185 Å². The lowest BCUT2D eigenvalue weighted by molar-refractivity contribution is -0.148. The maximum atomic E-state index is 12.9. The first-order valence-corrected chi connectivity index (χ1v) is 11.0. The third-order valence-corrected chi connectivity index (χ3v) is 6.05. The summed E-state index contributed by atoms with van der Waals surface area (Å²) >= 11 is 0. The molecule has 0 spiro atoms. The second-order valence-corrected chi connectivity index (χ2v) is 8.00. The van der Waals surface area contributed by atoms with E-state index in [1.54, 1.807) is 0 Å². The van der Waals surface area contributed by atoms with Crippen LogP contribution in [0.4, 0.5) is 11.4 Å². The van der Waals surface area contributed by atoms with Crippen LogP contribution in [0, 0.1) is 5.92 Å². The van der Waals surface area contributed by atoms with E-state index in [0.717, 1.165) is 31.7 Å². The third-order valence-electron chi connectivity index (χ3n) is 6.05. The van der Waals surface area contributed by atoms with Crippen molar-refractivity contribution in [2.24, 2.45) is 5.92 Å². The predicted molar refractivity (Wildman–Crippen MR) is 124 cm³/mol. The van der Waals surface area contributed by atoms with Gasteiger partial charge >= 0.3 is 5.97 Å². The molecule has 1 aliphatic rings. The zero-order valence-corrected chi connectivity index (χ0v) is 18.7. The molecule has 2 aromatic rings. The molecule has 2 atom stereocenters. The van der Waals surface area contributed by atoms with Gasteiger partial charge in [0.1, 0.15) is 0 Å². The number of hydrogen-bond donors (Lipinski definition) is 0. The van der Waals surface area contributed by atoms with Crippen molar-refractivity contribution >= 4 is 23.3 Å². The molecule has 1 saturated heterocycles. The van der Waals surface area contributed by atoms with Crippen molar-refractivity contribution in [2.45, 2.75) is 25.8 Å². The summed E-state index contributed by atoms with van der Waals surface area (Å²) in [5, 5.41) is 0. The Morgan fingerprint density at radius 1 is 1.03 bits per heavy atom. The number of anilines is 2. The fourth-order valence-corrected chi connectivity index (χ4v) is 4.28. The number of hydrogen-bond acceptors (Lipinski definition) is 5. The number of benzene rings is 2. The molecule has 3 rings (SSSR count). The van der Waals surface area contributed by atoms with Gasteiger partial charge in [-0.15, -0.1) is 0 Å². The van der Waals surface area contributed by atoms with Gasteiger partial charge in [-0.25, -0.2) is 0 Å². The normalized spacial score (nSPS) is 18.9. The van der Waals surface area contributed by atoms with E-state index in [9.17, 15) is 9.59 Å². The van der Waals surface area contributed by atoms with Crippen molar-refractivity contribution in [3.8, 4) is 0 Å². The lowest BCUT2D eigenvalue weighted by Gasteiger charge is -2.43. The Balaban J connectivity index is 1.73.